The number of nitrogens with zero attached hydrogens (tertiary/aromatic N) is 3. The molecule has 4 rings (SSSR count). The smallest absolute Gasteiger partial charge is 0.267 e. The van der Waals surface area contributed by atoms with Crippen LogP contribution in [0, 0.1) is 12.7 Å². The summed E-state index contributed by atoms with van der Waals surface area (Å²) in [6.07, 6.45) is 4.96. The summed E-state index contributed by atoms with van der Waals surface area (Å²) in [6.45, 7) is 1.84. The summed E-state index contributed by atoms with van der Waals surface area (Å²) in [4.78, 5) is 21.9. The van der Waals surface area contributed by atoms with E-state index in [1.807, 2.05) is 24.4 Å². The quantitative estimate of drug-likeness (QED) is 0.540. The predicted octanol–water partition coefficient (Wildman–Crippen LogP) is 4.46. The number of hydrogen-bond donors (Lipinski definition) is 0. The molecule has 3 aromatic heterocycles. The van der Waals surface area contributed by atoms with E-state index in [4.69, 9.17) is 0 Å². The molecule has 0 aliphatic rings. The molecule has 0 saturated heterocycles. The highest BCUT2D eigenvalue weighted by Crippen LogP contribution is 2.20. The van der Waals surface area contributed by atoms with Crippen LogP contribution >= 0.6 is 11.3 Å². The fourth-order valence-electron chi connectivity index (χ4n) is 2.76. The lowest BCUT2D eigenvalue weighted by Crippen LogP contribution is -2.22. The lowest BCUT2D eigenvalue weighted by molar-refractivity contribution is 0.625. The molecule has 3 heterocycles. The molecule has 0 fully saturated rings. The zero-order chi connectivity index (χ0) is 18.1. The van der Waals surface area contributed by atoms with Crippen LogP contribution in [0.25, 0.3) is 28.1 Å². The molecule has 0 unspecified atom stereocenters. The fourth-order valence-corrected chi connectivity index (χ4v) is 3.52. The minimum absolute atomic E-state index is 0.158. The maximum Gasteiger partial charge on any atom is 0.276 e. The molecular formula is C20H14FN3OS. The third-order valence-corrected chi connectivity index (χ3v) is 4.93. The Morgan fingerprint density at radius 1 is 1.12 bits per heavy atom. The van der Waals surface area contributed by atoms with E-state index in [2.05, 4.69) is 9.97 Å². The Balaban J connectivity index is 1.96. The number of thiophene rings is 1. The minimum Gasteiger partial charge on any atom is -0.267 e. The molecule has 4 nitrogen and oxygen atoms in total. The van der Waals surface area contributed by atoms with Crippen molar-refractivity contribution in [2.75, 3.05) is 0 Å². The first kappa shape index (κ1) is 16.4. The highest BCUT2D eigenvalue weighted by Gasteiger charge is 2.14. The molecular weight excluding hydrogens is 349 g/mol. The Morgan fingerprint density at radius 3 is 2.77 bits per heavy atom. The van der Waals surface area contributed by atoms with Crippen LogP contribution < -0.4 is 5.56 Å². The van der Waals surface area contributed by atoms with Crippen molar-refractivity contribution in [1.29, 1.82) is 0 Å². The summed E-state index contributed by atoms with van der Waals surface area (Å²) in [7, 11) is 0. The van der Waals surface area contributed by atoms with Gasteiger partial charge in [-0.15, -0.1) is 11.3 Å². The van der Waals surface area contributed by atoms with Crippen molar-refractivity contribution in [3.63, 3.8) is 0 Å². The van der Waals surface area contributed by atoms with Gasteiger partial charge in [-0.3, -0.25) is 14.3 Å². The summed E-state index contributed by atoms with van der Waals surface area (Å²) in [5.41, 5.74) is 2.28. The van der Waals surface area contributed by atoms with E-state index in [1.165, 1.54) is 22.0 Å². The van der Waals surface area contributed by atoms with Crippen LogP contribution in [-0.2, 0) is 0 Å². The standard InChI is InChI=1S/C20H14FN3OS/c1-13-17(7-4-11-22-13)24-18(9-8-14-5-2-3-6-15(14)21)23-16-10-12-26-19(16)20(24)25/h2-12H,1H3. The van der Waals surface area contributed by atoms with Crippen LogP contribution in [0.15, 0.2) is 58.8 Å². The first-order valence-electron chi connectivity index (χ1n) is 8.00. The van der Waals surface area contributed by atoms with E-state index in [-0.39, 0.29) is 11.4 Å². The van der Waals surface area contributed by atoms with Gasteiger partial charge in [0.15, 0.2) is 0 Å². The number of halogens is 1. The van der Waals surface area contributed by atoms with Gasteiger partial charge >= 0.3 is 0 Å². The average molecular weight is 363 g/mol. The maximum absolute atomic E-state index is 13.9. The Hall–Kier alpha value is -3.12. The van der Waals surface area contributed by atoms with Crippen LogP contribution in [0.2, 0.25) is 0 Å². The van der Waals surface area contributed by atoms with E-state index in [9.17, 15) is 9.18 Å². The van der Waals surface area contributed by atoms with Crippen molar-refractivity contribution >= 4 is 33.7 Å². The molecule has 0 N–H and O–H groups in total. The summed E-state index contributed by atoms with van der Waals surface area (Å²) >= 11 is 1.35. The third-order valence-electron chi connectivity index (χ3n) is 4.04. The van der Waals surface area contributed by atoms with Crippen molar-refractivity contribution in [1.82, 2.24) is 14.5 Å². The van der Waals surface area contributed by atoms with E-state index >= 15 is 0 Å². The third kappa shape index (κ3) is 2.84. The van der Waals surface area contributed by atoms with Crippen LogP contribution in [0.5, 0.6) is 0 Å². The second-order valence-electron chi connectivity index (χ2n) is 5.71. The van der Waals surface area contributed by atoms with Crippen molar-refractivity contribution in [3.8, 4) is 5.69 Å². The van der Waals surface area contributed by atoms with E-state index in [0.717, 1.165) is 0 Å². The SMILES string of the molecule is Cc1ncccc1-n1c(C=Cc2ccccc2F)nc2ccsc2c1=O. The highest BCUT2D eigenvalue weighted by molar-refractivity contribution is 7.17. The number of fused-ring (bicyclic) bond motifs is 1. The first-order valence-corrected chi connectivity index (χ1v) is 8.88. The molecule has 0 spiro atoms. The van der Waals surface area contributed by atoms with E-state index < -0.39 is 0 Å². The van der Waals surface area contributed by atoms with Crippen molar-refractivity contribution in [3.05, 3.63) is 87.3 Å². The van der Waals surface area contributed by atoms with E-state index in [1.54, 1.807) is 42.6 Å². The Kier molecular flexibility index (Phi) is 4.18. The zero-order valence-corrected chi connectivity index (χ0v) is 14.7. The Labute approximate surface area is 152 Å². The number of rotatable bonds is 3. The molecule has 0 aliphatic heterocycles. The van der Waals surface area contributed by atoms with Gasteiger partial charge in [0, 0.05) is 11.8 Å². The predicted molar refractivity (Wildman–Crippen MR) is 103 cm³/mol. The molecule has 26 heavy (non-hydrogen) atoms. The molecule has 0 radical (unpaired) electrons. The first-order chi connectivity index (χ1) is 12.6. The Morgan fingerprint density at radius 2 is 1.96 bits per heavy atom. The molecule has 0 atom stereocenters. The van der Waals surface area contributed by atoms with Gasteiger partial charge in [0.2, 0.25) is 0 Å². The summed E-state index contributed by atoms with van der Waals surface area (Å²) in [6, 6.07) is 11.9. The molecule has 0 bridgehead atoms. The number of aromatic nitrogens is 3. The largest absolute Gasteiger partial charge is 0.276 e. The van der Waals surface area contributed by atoms with Gasteiger partial charge < -0.3 is 0 Å². The zero-order valence-electron chi connectivity index (χ0n) is 13.9. The molecule has 0 amide bonds. The number of aryl methyl sites for hydroxylation is 1. The molecule has 0 aliphatic carbocycles. The maximum atomic E-state index is 13.9. The lowest BCUT2D eigenvalue weighted by Gasteiger charge is -2.11. The van der Waals surface area contributed by atoms with Gasteiger partial charge in [0.05, 0.1) is 16.9 Å². The number of pyridine rings is 1. The monoisotopic (exact) mass is 363 g/mol. The van der Waals surface area contributed by atoms with Gasteiger partial charge in [-0.1, -0.05) is 18.2 Å². The van der Waals surface area contributed by atoms with Crippen molar-refractivity contribution in [2.24, 2.45) is 0 Å². The molecule has 0 saturated carbocycles. The summed E-state index contributed by atoms with van der Waals surface area (Å²) in [5, 5.41) is 1.84. The van der Waals surface area contributed by atoms with Gasteiger partial charge in [-0.05, 0) is 48.7 Å². The molecule has 1 aromatic carbocycles. The second kappa shape index (κ2) is 6.65. The van der Waals surface area contributed by atoms with Gasteiger partial charge in [0.1, 0.15) is 16.3 Å². The summed E-state index contributed by atoms with van der Waals surface area (Å²) < 4.78 is 16.0. The minimum atomic E-state index is -0.327. The summed E-state index contributed by atoms with van der Waals surface area (Å²) in [5.74, 6) is 0.104. The lowest BCUT2D eigenvalue weighted by atomic mass is 10.2. The van der Waals surface area contributed by atoms with E-state index in [0.29, 0.717) is 33.0 Å². The highest BCUT2D eigenvalue weighted by atomic mass is 32.1. The van der Waals surface area contributed by atoms with Crippen LogP contribution in [0.3, 0.4) is 0 Å². The average Bonchev–Trinajstić information content (AvgIpc) is 3.11. The van der Waals surface area contributed by atoms with Gasteiger partial charge in [0.25, 0.3) is 5.56 Å². The van der Waals surface area contributed by atoms with Crippen LogP contribution in [-0.4, -0.2) is 14.5 Å². The van der Waals surface area contributed by atoms with Crippen LogP contribution in [0.1, 0.15) is 17.1 Å². The van der Waals surface area contributed by atoms with Crippen molar-refractivity contribution in [2.45, 2.75) is 6.92 Å². The van der Waals surface area contributed by atoms with Gasteiger partial charge in [-0.25, -0.2) is 9.37 Å². The van der Waals surface area contributed by atoms with Gasteiger partial charge in [-0.2, -0.15) is 0 Å². The normalized spacial score (nSPS) is 11.5. The van der Waals surface area contributed by atoms with Crippen LogP contribution in [0.4, 0.5) is 4.39 Å². The Bertz CT molecular complexity index is 1190. The second-order valence-corrected chi connectivity index (χ2v) is 6.62. The van der Waals surface area contributed by atoms with Crippen molar-refractivity contribution < 1.29 is 4.39 Å². The number of hydrogen-bond acceptors (Lipinski definition) is 4. The number of benzene rings is 1. The molecule has 128 valence electrons. The molecule has 6 heteroatoms. The topological polar surface area (TPSA) is 47.8 Å². The molecule has 4 aromatic rings. The fraction of sp³-hybridized carbons (Fsp3) is 0.0500.